The Bertz CT molecular complexity index is 1150. The van der Waals surface area contributed by atoms with Crippen LogP contribution < -0.4 is 15.4 Å². The van der Waals surface area contributed by atoms with Gasteiger partial charge in [0.05, 0.1) is 12.6 Å². The smallest absolute Gasteiger partial charge is 0.405 e. The number of halogens is 3. The lowest BCUT2D eigenvalue weighted by Crippen LogP contribution is -2.22. The number of hydrogen-bond donors (Lipinski definition) is 3. The van der Waals surface area contributed by atoms with E-state index in [1.165, 1.54) is 6.07 Å². The van der Waals surface area contributed by atoms with Crippen LogP contribution in [-0.4, -0.2) is 35.9 Å². The van der Waals surface area contributed by atoms with Gasteiger partial charge in [-0.25, -0.2) is 9.78 Å². The van der Waals surface area contributed by atoms with Crippen molar-refractivity contribution in [1.29, 1.82) is 0 Å². The van der Waals surface area contributed by atoms with E-state index in [-0.39, 0.29) is 11.4 Å². The van der Waals surface area contributed by atoms with E-state index in [9.17, 15) is 23.1 Å². The number of aromatic carboxylic acids is 1. The zero-order valence-corrected chi connectivity index (χ0v) is 18.8. The minimum absolute atomic E-state index is 0.152. The van der Waals surface area contributed by atoms with Gasteiger partial charge in [-0.1, -0.05) is 32.9 Å². The molecular weight excluding hydrogens is 435 g/mol. The molecular formula is C24H26F3N3O3. The Kier molecular flexibility index (Phi) is 6.71. The zero-order valence-electron chi connectivity index (χ0n) is 18.8. The van der Waals surface area contributed by atoms with Crippen molar-refractivity contribution in [1.82, 2.24) is 4.98 Å². The molecule has 6 nitrogen and oxygen atoms in total. The van der Waals surface area contributed by atoms with Crippen LogP contribution in [0.2, 0.25) is 0 Å². The third-order valence-electron chi connectivity index (χ3n) is 5.08. The van der Waals surface area contributed by atoms with Gasteiger partial charge < -0.3 is 20.5 Å². The Hall–Kier alpha value is -3.49. The molecule has 176 valence electrons. The third kappa shape index (κ3) is 6.06. The summed E-state index contributed by atoms with van der Waals surface area (Å²) >= 11 is 0. The minimum atomic E-state index is -4.38. The van der Waals surface area contributed by atoms with Crippen LogP contribution in [0.4, 0.5) is 24.5 Å². The number of pyridine rings is 1. The van der Waals surface area contributed by atoms with Crippen molar-refractivity contribution in [2.45, 2.75) is 38.9 Å². The fraction of sp³-hybridized carbons (Fsp3) is 0.333. The summed E-state index contributed by atoms with van der Waals surface area (Å²) in [5.41, 5.74) is 2.08. The predicted octanol–water partition coefficient (Wildman–Crippen LogP) is 5.83. The zero-order chi connectivity index (χ0) is 24.4. The van der Waals surface area contributed by atoms with Crippen molar-refractivity contribution in [2.24, 2.45) is 0 Å². The Labute approximate surface area is 189 Å². The highest BCUT2D eigenvalue weighted by molar-refractivity contribution is 6.00. The van der Waals surface area contributed by atoms with Crippen LogP contribution >= 0.6 is 0 Å². The molecule has 0 aliphatic heterocycles. The molecule has 33 heavy (non-hydrogen) atoms. The summed E-state index contributed by atoms with van der Waals surface area (Å²) in [7, 11) is 1.57. The predicted molar refractivity (Wildman–Crippen MR) is 122 cm³/mol. The quantitative estimate of drug-likeness (QED) is 0.411. The van der Waals surface area contributed by atoms with E-state index < -0.39 is 24.1 Å². The highest BCUT2D eigenvalue weighted by Crippen LogP contribution is 2.36. The second-order valence-corrected chi connectivity index (χ2v) is 8.70. The number of nitrogens with one attached hydrogen (secondary N) is 2. The lowest BCUT2D eigenvalue weighted by atomic mass is 9.84. The molecule has 0 aliphatic rings. The number of nitrogens with zero attached hydrogens (tertiary/aromatic N) is 1. The summed E-state index contributed by atoms with van der Waals surface area (Å²) in [4.78, 5) is 16.1. The Morgan fingerprint density at radius 2 is 1.73 bits per heavy atom. The number of hydrogen-bond acceptors (Lipinski definition) is 5. The monoisotopic (exact) mass is 461 g/mol. The molecule has 2 aromatic carbocycles. The van der Waals surface area contributed by atoms with Gasteiger partial charge in [0.25, 0.3) is 0 Å². The number of rotatable bonds is 7. The molecule has 0 saturated heterocycles. The summed E-state index contributed by atoms with van der Waals surface area (Å²) in [5, 5.41) is 15.8. The Balaban J connectivity index is 2.11. The van der Waals surface area contributed by atoms with Crippen molar-refractivity contribution in [3.8, 4) is 5.75 Å². The van der Waals surface area contributed by atoms with Gasteiger partial charge >= 0.3 is 12.1 Å². The minimum Gasteiger partial charge on any atom is -0.497 e. The number of carboxylic acid groups (broad SMARTS) is 1. The number of anilines is 2. The molecule has 9 heteroatoms. The normalized spacial score (nSPS) is 12.0. The number of ether oxygens (including phenoxy) is 1. The molecule has 1 heterocycles. The van der Waals surface area contributed by atoms with Crippen LogP contribution in [0.1, 0.15) is 42.4 Å². The number of aromatic nitrogens is 1. The van der Waals surface area contributed by atoms with Crippen LogP contribution in [0, 0.1) is 0 Å². The molecule has 0 saturated carbocycles. The van der Waals surface area contributed by atoms with Crippen molar-refractivity contribution in [3.63, 3.8) is 0 Å². The molecule has 0 fully saturated rings. The number of carbonyl (C=O) groups is 1. The number of fused-ring (bicyclic) bond motifs is 1. The summed E-state index contributed by atoms with van der Waals surface area (Å²) in [6, 6.07) is 11.9. The summed E-state index contributed by atoms with van der Waals surface area (Å²) in [5.74, 6) is -0.486. The van der Waals surface area contributed by atoms with Crippen molar-refractivity contribution >= 4 is 28.2 Å². The topological polar surface area (TPSA) is 83.5 Å². The molecule has 0 bridgehead atoms. The largest absolute Gasteiger partial charge is 0.497 e. The van der Waals surface area contributed by atoms with Crippen LogP contribution in [0.5, 0.6) is 5.75 Å². The first kappa shape index (κ1) is 24.2. The van der Waals surface area contributed by atoms with Gasteiger partial charge in [0.1, 0.15) is 12.3 Å². The molecule has 0 radical (unpaired) electrons. The number of alkyl halides is 3. The van der Waals surface area contributed by atoms with Crippen LogP contribution in [0.3, 0.4) is 0 Å². The van der Waals surface area contributed by atoms with Crippen LogP contribution in [0.15, 0.2) is 42.5 Å². The molecule has 0 atom stereocenters. The third-order valence-corrected chi connectivity index (χ3v) is 5.08. The second kappa shape index (κ2) is 9.17. The first-order valence-electron chi connectivity index (χ1n) is 10.3. The molecule has 3 rings (SSSR count). The van der Waals surface area contributed by atoms with Gasteiger partial charge in [0.15, 0.2) is 5.69 Å². The summed E-state index contributed by atoms with van der Waals surface area (Å²) in [6.07, 6.45) is -4.38. The van der Waals surface area contributed by atoms with E-state index in [1.807, 2.05) is 32.9 Å². The summed E-state index contributed by atoms with van der Waals surface area (Å²) in [6.45, 7) is 4.88. The van der Waals surface area contributed by atoms with E-state index in [2.05, 4.69) is 15.6 Å². The lowest BCUT2D eigenvalue weighted by Gasteiger charge is -2.24. The molecule has 0 aliphatic carbocycles. The maximum Gasteiger partial charge on any atom is 0.405 e. The first-order chi connectivity index (χ1) is 15.4. The molecule has 0 unspecified atom stereocenters. The average Bonchev–Trinajstić information content (AvgIpc) is 2.74. The average molecular weight is 461 g/mol. The SMILES string of the molecule is COc1ccc(CNc2cc(C(=O)O)nc3c(C(C)(C)C)cc(NCC(F)(F)F)cc23)cc1. The van der Waals surface area contributed by atoms with Crippen molar-refractivity contribution < 1.29 is 27.8 Å². The molecule has 0 amide bonds. The maximum atomic E-state index is 12.8. The van der Waals surface area contributed by atoms with Crippen LogP contribution in [-0.2, 0) is 12.0 Å². The van der Waals surface area contributed by atoms with Gasteiger partial charge in [-0.3, -0.25) is 0 Å². The Morgan fingerprint density at radius 3 is 2.27 bits per heavy atom. The highest BCUT2D eigenvalue weighted by Gasteiger charge is 2.28. The molecule has 1 aromatic heterocycles. The van der Waals surface area contributed by atoms with Gasteiger partial charge in [0, 0.05) is 23.3 Å². The lowest BCUT2D eigenvalue weighted by molar-refractivity contribution is -0.115. The number of methoxy groups -OCH3 is 1. The van der Waals surface area contributed by atoms with E-state index in [1.54, 1.807) is 31.4 Å². The highest BCUT2D eigenvalue weighted by atomic mass is 19.4. The van der Waals surface area contributed by atoms with E-state index in [0.717, 1.165) is 5.56 Å². The van der Waals surface area contributed by atoms with E-state index in [4.69, 9.17) is 4.74 Å². The second-order valence-electron chi connectivity index (χ2n) is 8.70. The van der Waals surface area contributed by atoms with E-state index in [0.29, 0.717) is 34.4 Å². The Morgan fingerprint density at radius 1 is 1.06 bits per heavy atom. The maximum absolute atomic E-state index is 12.8. The molecule has 3 N–H and O–H groups in total. The van der Waals surface area contributed by atoms with Crippen molar-refractivity contribution in [3.05, 3.63) is 59.3 Å². The van der Waals surface area contributed by atoms with Crippen molar-refractivity contribution in [2.75, 3.05) is 24.3 Å². The fourth-order valence-electron chi connectivity index (χ4n) is 3.40. The van der Waals surface area contributed by atoms with Gasteiger partial charge in [-0.2, -0.15) is 13.2 Å². The van der Waals surface area contributed by atoms with Gasteiger partial charge in [0.2, 0.25) is 0 Å². The van der Waals surface area contributed by atoms with E-state index >= 15 is 0 Å². The standard InChI is InChI=1S/C24H26F3N3O3/c1-23(2,3)18-10-15(29-13-24(25,26)27)9-17-19(11-20(22(31)32)30-21(17)18)28-12-14-5-7-16(33-4)8-6-14/h5-11,29H,12-13H2,1-4H3,(H,28,30)(H,31,32). The fourth-order valence-corrected chi connectivity index (χ4v) is 3.40. The number of carboxylic acids is 1. The van der Waals surface area contributed by atoms with Gasteiger partial charge in [-0.15, -0.1) is 0 Å². The van der Waals surface area contributed by atoms with Gasteiger partial charge in [-0.05, 0) is 46.9 Å². The molecule has 3 aromatic rings. The number of benzene rings is 2. The van der Waals surface area contributed by atoms with Crippen LogP contribution in [0.25, 0.3) is 10.9 Å². The summed E-state index contributed by atoms with van der Waals surface area (Å²) < 4.78 is 43.6. The first-order valence-corrected chi connectivity index (χ1v) is 10.3. The molecule has 0 spiro atoms.